The van der Waals surface area contributed by atoms with E-state index in [-0.39, 0.29) is 5.91 Å². The molecular weight excluding hydrogens is 262 g/mol. The van der Waals surface area contributed by atoms with Crippen molar-refractivity contribution in [1.82, 2.24) is 9.97 Å². The van der Waals surface area contributed by atoms with E-state index in [0.717, 1.165) is 28.2 Å². The molecule has 21 heavy (non-hydrogen) atoms. The molecule has 0 radical (unpaired) electrons. The number of nitrogens with zero attached hydrogens (tertiary/aromatic N) is 1. The number of carbonyl (C=O) groups excluding carboxylic acids is 1. The number of hydrogen-bond donors (Lipinski definition) is 2. The number of carbonyl (C=O) groups is 1. The lowest BCUT2D eigenvalue weighted by molar-refractivity contribution is -0.114. The minimum atomic E-state index is -0.0748. The first-order valence-electron chi connectivity index (χ1n) is 6.71. The molecule has 0 aliphatic carbocycles. The number of H-pyrrole nitrogens is 1. The van der Waals surface area contributed by atoms with Crippen LogP contribution in [0.2, 0.25) is 0 Å². The molecule has 104 valence electrons. The average molecular weight is 277 g/mol. The normalized spacial score (nSPS) is 10.3. The topological polar surface area (TPSA) is 57.8 Å². The van der Waals surface area contributed by atoms with Crippen LogP contribution in [0.3, 0.4) is 0 Å². The molecule has 2 N–H and O–H groups in total. The monoisotopic (exact) mass is 277 g/mol. The first kappa shape index (κ1) is 13.1. The van der Waals surface area contributed by atoms with Crippen LogP contribution in [0.1, 0.15) is 6.92 Å². The summed E-state index contributed by atoms with van der Waals surface area (Å²) < 4.78 is 0. The molecule has 2 aromatic carbocycles. The number of benzene rings is 2. The van der Waals surface area contributed by atoms with Gasteiger partial charge in [0.05, 0.1) is 17.7 Å². The maximum absolute atomic E-state index is 11.0. The van der Waals surface area contributed by atoms with Crippen LogP contribution in [0.5, 0.6) is 0 Å². The Hall–Kier alpha value is -2.88. The van der Waals surface area contributed by atoms with Crippen LogP contribution >= 0.6 is 0 Å². The van der Waals surface area contributed by atoms with Crippen molar-refractivity contribution >= 4 is 11.6 Å². The molecule has 1 aromatic heterocycles. The summed E-state index contributed by atoms with van der Waals surface area (Å²) in [7, 11) is 0. The predicted molar refractivity (Wildman–Crippen MR) is 83.8 cm³/mol. The quantitative estimate of drug-likeness (QED) is 0.767. The zero-order chi connectivity index (χ0) is 14.7. The second-order valence-electron chi connectivity index (χ2n) is 4.75. The van der Waals surface area contributed by atoms with E-state index in [1.165, 1.54) is 6.92 Å². The molecule has 0 atom stereocenters. The van der Waals surface area contributed by atoms with Gasteiger partial charge in [-0.1, -0.05) is 42.5 Å². The van der Waals surface area contributed by atoms with Gasteiger partial charge in [-0.25, -0.2) is 4.98 Å². The Labute approximate surface area is 122 Å². The van der Waals surface area contributed by atoms with Gasteiger partial charge in [0.15, 0.2) is 0 Å². The van der Waals surface area contributed by atoms with E-state index < -0.39 is 0 Å². The minimum Gasteiger partial charge on any atom is -0.344 e. The molecule has 4 nitrogen and oxygen atoms in total. The summed E-state index contributed by atoms with van der Waals surface area (Å²) in [5, 5.41) is 2.76. The molecule has 4 heteroatoms. The second kappa shape index (κ2) is 5.63. The lowest BCUT2D eigenvalue weighted by Crippen LogP contribution is -2.05. The van der Waals surface area contributed by atoms with Gasteiger partial charge in [0.1, 0.15) is 0 Å². The highest BCUT2D eigenvalue weighted by Crippen LogP contribution is 2.29. The van der Waals surface area contributed by atoms with Crippen molar-refractivity contribution in [2.24, 2.45) is 0 Å². The molecule has 3 aromatic rings. The Kier molecular flexibility index (Phi) is 3.51. The number of amides is 1. The fourth-order valence-corrected chi connectivity index (χ4v) is 2.25. The standard InChI is InChI=1S/C17H15N3O/c1-12(21)20-15-9-7-14(8-10-15)17-16(18-11-19-17)13-5-3-2-4-6-13/h2-11H,1H3,(H,18,19)(H,20,21). The molecule has 0 aliphatic heterocycles. The van der Waals surface area contributed by atoms with Gasteiger partial charge in [-0.3, -0.25) is 4.79 Å². The van der Waals surface area contributed by atoms with E-state index in [4.69, 9.17) is 0 Å². The fourth-order valence-electron chi connectivity index (χ4n) is 2.25. The first-order chi connectivity index (χ1) is 10.2. The Morgan fingerprint density at radius 1 is 1.00 bits per heavy atom. The van der Waals surface area contributed by atoms with Crippen molar-refractivity contribution < 1.29 is 4.79 Å². The van der Waals surface area contributed by atoms with E-state index in [9.17, 15) is 4.79 Å². The minimum absolute atomic E-state index is 0.0748. The Balaban J connectivity index is 1.95. The third-order valence-electron chi connectivity index (χ3n) is 3.18. The van der Waals surface area contributed by atoms with Gasteiger partial charge in [-0.2, -0.15) is 0 Å². The Morgan fingerprint density at radius 2 is 1.71 bits per heavy atom. The molecular formula is C17H15N3O. The van der Waals surface area contributed by atoms with Crippen LogP contribution in [-0.4, -0.2) is 15.9 Å². The van der Waals surface area contributed by atoms with Crippen molar-refractivity contribution in [2.45, 2.75) is 6.92 Å². The third kappa shape index (κ3) is 2.84. The molecule has 0 saturated heterocycles. The largest absolute Gasteiger partial charge is 0.344 e. The number of imidazole rings is 1. The van der Waals surface area contributed by atoms with Crippen LogP contribution in [0.15, 0.2) is 60.9 Å². The zero-order valence-electron chi connectivity index (χ0n) is 11.6. The molecule has 3 rings (SSSR count). The summed E-state index contributed by atoms with van der Waals surface area (Å²) in [4.78, 5) is 18.6. The molecule has 1 heterocycles. The Bertz CT molecular complexity index is 745. The van der Waals surface area contributed by atoms with E-state index in [0.29, 0.717) is 0 Å². The molecule has 0 unspecified atom stereocenters. The lowest BCUT2D eigenvalue weighted by Gasteiger charge is -2.05. The summed E-state index contributed by atoms with van der Waals surface area (Å²) in [5.41, 5.74) is 4.77. The zero-order valence-corrected chi connectivity index (χ0v) is 11.6. The highest BCUT2D eigenvalue weighted by Gasteiger charge is 2.10. The summed E-state index contributed by atoms with van der Waals surface area (Å²) in [5.74, 6) is -0.0748. The molecule has 1 amide bonds. The van der Waals surface area contributed by atoms with Crippen molar-refractivity contribution in [1.29, 1.82) is 0 Å². The first-order valence-corrected chi connectivity index (χ1v) is 6.71. The molecule has 0 spiro atoms. The van der Waals surface area contributed by atoms with Gasteiger partial charge >= 0.3 is 0 Å². The van der Waals surface area contributed by atoms with Gasteiger partial charge in [-0.05, 0) is 12.1 Å². The molecule has 0 aliphatic rings. The maximum atomic E-state index is 11.0. The van der Waals surface area contributed by atoms with Crippen molar-refractivity contribution in [3.05, 3.63) is 60.9 Å². The fraction of sp³-hybridized carbons (Fsp3) is 0.0588. The van der Waals surface area contributed by atoms with Crippen molar-refractivity contribution in [3.63, 3.8) is 0 Å². The number of hydrogen-bond acceptors (Lipinski definition) is 2. The van der Waals surface area contributed by atoms with E-state index >= 15 is 0 Å². The second-order valence-corrected chi connectivity index (χ2v) is 4.75. The van der Waals surface area contributed by atoms with E-state index in [1.807, 2.05) is 54.6 Å². The van der Waals surface area contributed by atoms with Crippen LogP contribution in [0.4, 0.5) is 5.69 Å². The number of rotatable bonds is 3. The predicted octanol–water partition coefficient (Wildman–Crippen LogP) is 3.70. The number of aromatic nitrogens is 2. The van der Waals surface area contributed by atoms with Gasteiger partial charge in [0.2, 0.25) is 5.91 Å². The highest BCUT2D eigenvalue weighted by atomic mass is 16.1. The molecule has 0 bridgehead atoms. The molecule has 0 saturated carbocycles. The summed E-state index contributed by atoms with van der Waals surface area (Å²) in [6.07, 6.45) is 1.69. The summed E-state index contributed by atoms with van der Waals surface area (Å²) >= 11 is 0. The smallest absolute Gasteiger partial charge is 0.221 e. The van der Waals surface area contributed by atoms with Crippen LogP contribution in [-0.2, 0) is 4.79 Å². The van der Waals surface area contributed by atoms with Crippen molar-refractivity contribution in [2.75, 3.05) is 5.32 Å². The van der Waals surface area contributed by atoms with E-state index in [2.05, 4.69) is 15.3 Å². The summed E-state index contributed by atoms with van der Waals surface area (Å²) in [6.45, 7) is 1.50. The average Bonchev–Trinajstić information content (AvgIpc) is 2.98. The van der Waals surface area contributed by atoms with Crippen LogP contribution in [0, 0.1) is 0 Å². The van der Waals surface area contributed by atoms with Gasteiger partial charge in [-0.15, -0.1) is 0 Å². The SMILES string of the molecule is CC(=O)Nc1ccc(-c2[nH]cnc2-c2ccccc2)cc1. The Morgan fingerprint density at radius 3 is 2.38 bits per heavy atom. The van der Waals surface area contributed by atoms with E-state index in [1.54, 1.807) is 6.33 Å². The van der Waals surface area contributed by atoms with Gasteiger partial charge in [0, 0.05) is 23.7 Å². The van der Waals surface area contributed by atoms with Gasteiger partial charge in [0.25, 0.3) is 0 Å². The van der Waals surface area contributed by atoms with Crippen LogP contribution < -0.4 is 5.32 Å². The van der Waals surface area contributed by atoms with Crippen molar-refractivity contribution in [3.8, 4) is 22.5 Å². The third-order valence-corrected chi connectivity index (χ3v) is 3.18. The number of aromatic amines is 1. The molecule has 0 fully saturated rings. The maximum Gasteiger partial charge on any atom is 0.221 e. The number of nitrogens with one attached hydrogen (secondary N) is 2. The lowest BCUT2D eigenvalue weighted by atomic mass is 10.0. The highest BCUT2D eigenvalue weighted by molar-refractivity contribution is 5.89. The van der Waals surface area contributed by atoms with Gasteiger partial charge < -0.3 is 10.3 Å². The number of anilines is 1. The van der Waals surface area contributed by atoms with Crippen LogP contribution in [0.25, 0.3) is 22.5 Å². The summed E-state index contributed by atoms with van der Waals surface area (Å²) in [6, 6.07) is 17.7.